The first-order valence-corrected chi connectivity index (χ1v) is 6.17. The van der Waals surface area contributed by atoms with Gasteiger partial charge in [0.1, 0.15) is 0 Å². The van der Waals surface area contributed by atoms with Gasteiger partial charge in [0, 0.05) is 16.2 Å². The fraction of sp³-hybridized carbons (Fsp3) is 0.0714. The zero-order valence-corrected chi connectivity index (χ0v) is 10.1. The summed E-state index contributed by atoms with van der Waals surface area (Å²) < 4.78 is 0. The Balaban J connectivity index is 2.11. The zero-order valence-electron chi connectivity index (χ0n) is 9.30. The van der Waals surface area contributed by atoms with Gasteiger partial charge in [0.05, 0.1) is 0 Å². The van der Waals surface area contributed by atoms with Crippen LogP contribution in [-0.2, 0) is 4.79 Å². The van der Waals surface area contributed by atoms with E-state index in [1.165, 1.54) is 10.4 Å². The number of carbonyl (C=O) groups excluding carboxylic acids is 1. The molecule has 2 nitrogen and oxygen atoms in total. The fourth-order valence-electron chi connectivity index (χ4n) is 1.49. The Hall–Kier alpha value is -1.87. The molecule has 3 heteroatoms. The lowest BCUT2D eigenvalue weighted by Crippen LogP contribution is -2.07. The van der Waals surface area contributed by atoms with E-state index in [1.54, 1.807) is 17.4 Å². The Morgan fingerprint density at radius 1 is 1.18 bits per heavy atom. The van der Waals surface area contributed by atoms with Crippen LogP contribution >= 0.6 is 11.3 Å². The van der Waals surface area contributed by atoms with Crippen molar-refractivity contribution >= 4 is 23.3 Å². The van der Waals surface area contributed by atoms with Gasteiger partial charge in [0.25, 0.3) is 0 Å². The smallest absolute Gasteiger partial charge is 0.221 e. The van der Waals surface area contributed by atoms with E-state index in [0.717, 1.165) is 4.88 Å². The van der Waals surface area contributed by atoms with Gasteiger partial charge >= 0.3 is 0 Å². The van der Waals surface area contributed by atoms with Gasteiger partial charge in [-0.1, -0.05) is 36.4 Å². The maximum absolute atomic E-state index is 10.6. The molecule has 0 saturated heterocycles. The lowest BCUT2D eigenvalue weighted by Gasteiger charge is -1.94. The molecule has 86 valence electrons. The minimum absolute atomic E-state index is 0.290. The molecule has 0 radical (unpaired) electrons. The van der Waals surface area contributed by atoms with Gasteiger partial charge in [-0.05, 0) is 23.8 Å². The summed E-state index contributed by atoms with van der Waals surface area (Å²) in [7, 11) is 0. The number of nitrogens with two attached hydrogens (primary N) is 1. The molecule has 1 aromatic heterocycles. The molecule has 0 atom stereocenters. The molecule has 1 heterocycles. The van der Waals surface area contributed by atoms with Crippen LogP contribution in [0.25, 0.3) is 16.5 Å². The van der Waals surface area contributed by atoms with Crippen LogP contribution in [0.4, 0.5) is 0 Å². The first kappa shape index (κ1) is 11.6. The monoisotopic (exact) mass is 243 g/mol. The van der Waals surface area contributed by atoms with E-state index in [2.05, 4.69) is 18.2 Å². The fourth-order valence-corrected chi connectivity index (χ4v) is 2.44. The van der Waals surface area contributed by atoms with Crippen molar-refractivity contribution in [2.75, 3.05) is 0 Å². The normalized spacial score (nSPS) is 10.8. The van der Waals surface area contributed by atoms with Crippen LogP contribution in [-0.4, -0.2) is 5.91 Å². The van der Waals surface area contributed by atoms with Crippen molar-refractivity contribution in [2.24, 2.45) is 5.73 Å². The van der Waals surface area contributed by atoms with Crippen LogP contribution in [0.2, 0.25) is 0 Å². The third-order valence-corrected chi connectivity index (χ3v) is 3.39. The van der Waals surface area contributed by atoms with Crippen LogP contribution in [0.1, 0.15) is 11.3 Å². The Labute approximate surface area is 104 Å². The number of hydrogen-bond acceptors (Lipinski definition) is 2. The number of carbonyl (C=O) groups is 1. The van der Waals surface area contributed by atoms with Gasteiger partial charge in [-0.25, -0.2) is 0 Å². The molecular formula is C14H13NOS. The van der Waals surface area contributed by atoms with Gasteiger partial charge in [-0.15, -0.1) is 11.3 Å². The molecule has 2 aromatic rings. The molecule has 0 saturated carbocycles. The van der Waals surface area contributed by atoms with E-state index in [-0.39, 0.29) is 5.91 Å². The van der Waals surface area contributed by atoms with Crippen LogP contribution in [0.5, 0.6) is 0 Å². The van der Waals surface area contributed by atoms with E-state index in [0.29, 0.717) is 6.42 Å². The number of primary amides is 1. The van der Waals surface area contributed by atoms with Gasteiger partial charge in [0.2, 0.25) is 5.91 Å². The minimum atomic E-state index is -0.305. The SMILES string of the molecule is NC(=O)CC=Cc1ccc(-c2ccccc2)s1. The summed E-state index contributed by atoms with van der Waals surface area (Å²) in [5.41, 5.74) is 6.28. The maximum atomic E-state index is 10.6. The van der Waals surface area contributed by atoms with Crippen LogP contribution < -0.4 is 5.73 Å². The predicted molar refractivity (Wildman–Crippen MR) is 72.6 cm³/mol. The quantitative estimate of drug-likeness (QED) is 0.879. The highest BCUT2D eigenvalue weighted by Crippen LogP contribution is 2.28. The second kappa shape index (κ2) is 5.46. The second-order valence-electron chi connectivity index (χ2n) is 3.64. The Morgan fingerprint density at radius 3 is 2.65 bits per heavy atom. The number of thiophene rings is 1. The zero-order chi connectivity index (χ0) is 12.1. The topological polar surface area (TPSA) is 43.1 Å². The first-order valence-electron chi connectivity index (χ1n) is 5.36. The van der Waals surface area contributed by atoms with Gasteiger partial charge in [-0.2, -0.15) is 0 Å². The number of benzene rings is 1. The first-order chi connectivity index (χ1) is 8.25. The molecule has 17 heavy (non-hydrogen) atoms. The number of amides is 1. The summed E-state index contributed by atoms with van der Waals surface area (Å²) in [5, 5.41) is 0. The third kappa shape index (κ3) is 3.29. The highest BCUT2D eigenvalue weighted by Gasteiger charge is 1.99. The van der Waals surface area contributed by atoms with Crippen molar-refractivity contribution in [2.45, 2.75) is 6.42 Å². The average molecular weight is 243 g/mol. The molecule has 2 N–H and O–H groups in total. The van der Waals surface area contributed by atoms with E-state index < -0.39 is 0 Å². The van der Waals surface area contributed by atoms with Gasteiger partial charge in [-0.3, -0.25) is 4.79 Å². The van der Waals surface area contributed by atoms with Crippen LogP contribution in [0.15, 0.2) is 48.5 Å². The summed E-state index contributed by atoms with van der Waals surface area (Å²) in [6.07, 6.45) is 4.02. The lowest BCUT2D eigenvalue weighted by molar-refractivity contribution is -0.117. The van der Waals surface area contributed by atoms with Crippen molar-refractivity contribution in [3.8, 4) is 10.4 Å². The molecular weight excluding hydrogens is 230 g/mol. The Morgan fingerprint density at radius 2 is 1.94 bits per heavy atom. The largest absolute Gasteiger partial charge is 0.369 e. The minimum Gasteiger partial charge on any atom is -0.369 e. The van der Waals surface area contributed by atoms with Gasteiger partial charge < -0.3 is 5.73 Å². The number of rotatable bonds is 4. The molecule has 0 bridgehead atoms. The van der Waals surface area contributed by atoms with Crippen molar-refractivity contribution in [3.05, 3.63) is 53.4 Å². The molecule has 0 aliphatic carbocycles. The van der Waals surface area contributed by atoms with Crippen LogP contribution in [0.3, 0.4) is 0 Å². The predicted octanol–water partition coefficient (Wildman–Crippen LogP) is 3.30. The van der Waals surface area contributed by atoms with Gasteiger partial charge in [0.15, 0.2) is 0 Å². The van der Waals surface area contributed by atoms with E-state index in [9.17, 15) is 4.79 Å². The Bertz CT molecular complexity index is 528. The van der Waals surface area contributed by atoms with E-state index >= 15 is 0 Å². The summed E-state index contributed by atoms with van der Waals surface area (Å²) in [6.45, 7) is 0. The van der Waals surface area contributed by atoms with Crippen molar-refractivity contribution in [1.82, 2.24) is 0 Å². The summed E-state index contributed by atoms with van der Waals surface area (Å²) in [6, 6.07) is 14.4. The van der Waals surface area contributed by atoms with E-state index in [1.807, 2.05) is 30.3 Å². The standard InChI is InChI=1S/C14H13NOS/c15-14(16)8-4-7-12-9-10-13(17-12)11-5-2-1-3-6-11/h1-7,9-10H,8H2,(H2,15,16). The van der Waals surface area contributed by atoms with Crippen molar-refractivity contribution in [3.63, 3.8) is 0 Å². The lowest BCUT2D eigenvalue weighted by atomic mass is 10.2. The van der Waals surface area contributed by atoms with E-state index in [4.69, 9.17) is 5.73 Å². The van der Waals surface area contributed by atoms with Crippen molar-refractivity contribution < 1.29 is 4.79 Å². The molecule has 1 aromatic carbocycles. The highest BCUT2D eigenvalue weighted by atomic mass is 32.1. The highest BCUT2D eigenvalue weighted by molar-refractivity contribution is 7.16. The summed E-state index contributed by atoms with van der Waals surface area (Å²) in [4.78, 5) is 12.9. The maximum Gasteiger partial charge on any atom is 0.221 e. The van der Waals surface area contributed by atoms with Crippen LogP contribution in [0, 0.1) is 0 Å². The molecule has 0 unspecified atom stereocenters. The molecule has 0 aliphatic heterocycles. The average Bonchev–Trinajstić information content (AvgIpc) is 2.78. The molecule has 0 aliphatic rings. The second-order valence-corrected chi connectivity index (χ2v) is 4.76. The summed E-state index contributed by atoms with van der Waals surface area (Å²) >= 11 is 1.70. The molecule has 0 fully saturated rings. The Kier molecular flexibility index (Phi) is 3.73. The molecule has 1 amide bonds. The third-order valence-electron chi connectivity index (χ3n) is 2.29. The summed E-state index contributed by atoms with van der Waals surface area (Å²) in [5.74, 6) is -0.305. The number of hydrogen-bond donors (Lipinski definition) is 1. The molecule has 0 spiro atoms. The molecule has 2 rings (SSSR count). The van der Waals surface area contributed by atoms with Crippen molar-refractivity contribution in [1.29, 1.82) is 0 Å².